The third-order valence-electron chi connectivity index (χ3n) is 7.10. The number of hydrogen-bond acceptors (Lipinski definition) is 5. The van der Waals surface area contributed by atoms with Gasteiger partial charge in [0, 0.05) is 31.1 Å². The number of aliphatic hydroxyl groups excluding tert-OH is 1. The van der Waals surface area contributed by atoms with Gasteiger partial charge in [0.25, 0.3) is 0 Å². The Morgan fingerprint density at radius 3 is 2.66 bits per heavy atom. The molecule has 1 spiro atoms. The van der Waals surface area contributed by atoms with E-state index in [1.54, 1.807) is 11.9 Å². The zero-order valence-corrected chi connectivity index (χ0v) is 18.3. The Morgan fingerprint density at radius 1 is 1.28 bits per heavy atom. The van der Waals surface area contributed by atoms with E-state index in [4.69, 9.17) is 4.74 Å². The summed E-state index contributed by atoms with van der Waals surface area (Å²) in [5.41, 5.74) is -0.999. The number of carbonyl (C=O) groups excluding carboxylic acids is 3. The lowest BCUT2D eigenvalue weighted by Crippen LogP contribution is -2.57. The fraction of sp³-hybridized carbons (Fsp3) is 0.850. The summed E-state index contributed by atoms with van der Waals surface area (Å²) < 4.78 is 6.34. The van der Waals surface area contributed by atoms with Crippen molar-refractivity contribution in [1.29, 1.82) is 0 Å². The Labute approximate surface area is 179 Å². The Hall–Kier alpha value is -1.19. The Balaban J connectivity index is 1.66. The van der Waals surface area contributed by atoms with Crippen molar-refractivity contribution >= 4 is 33.7 Å². The molecule has 4 fully saturated rings. The summed E-state index contributed by atoms with van der Waals surface area (Å²) in [5.74, 6) is -1.91. The highest BCUT2D eigenvalue weighted by Crippen LogP contribution is 2.59. The van der Waals surface area contributed by atoms with Crippen molar-refractivity contribution in [1.82, 2.24) is 15.5 Å². The number of alkyl halides is 1. The number of carbonyl (C=O) groups is 3. The molecular formula is C20H30BrN3O5. The van der Waals surface area contributed by atoms with Gasteiger partial charge in [-0.2, -0.15) is 0 Å². The SMILES string of the molecule is CNC(=O)[C@H]1[C@H]2C(=O)N(CCCO)C(C(=O)NC3CCCCC3)C23CC(Br)[C@@H]1O3. The lowest BCUT2D eigenvalue weighted by molar-refractivity contribution is -0.142. The summed E-state index contributed by atoms with van der Waals surface area (Å²) in [4.78, 5) is 40.9. The average molecular weight is 472 g/mol. The first-order valence-electron chi connectivity index (χ1n) is 10.7. The van der Waals surface area contributed by atoms with E-state index in [1.807, 2.05) is 0 Å². The Morgan fingerprint density at radius 2 is 2.00 bits per heavy atom. The van der Waals surface area contributed by atoms with Crippen LogP contribution in [-0.2, 0) is 19.1 Å². The van der Waals surface area contributed by atoms with Crippen LogP contribution in [0.3, 0.4) is 0 Å². The smallest absolute Gasteiger partial charge is 0.246 e. The molecule has 4 aliphatic rings. The van der Waals surface area contributed by atoms with Crippen LogP contribution < -0.4 is 10.6 Å². The van der Waals surface area contributed by atoms with Crippen molar-refractivity contribution < 1.29 is 24.2 Å². The number of nitrogens with one attached hydrogen (secondary N) is 2. The van der Waals surface area contributed by atoms with E-state index < -0.39 is 29.6 Å². The lowest BCUT2D eigenvalue weighted by Gasteiger charge is -2.35. The van der Waals surface area contributed by atoms with Gasteiger partial charge in [-0.3, -0.25) is 14.4 Å². The number of nitrogens with zero attached hydrogens (tertiary/aromatic N) is 1. The predicted molar refractivity (Wildman–Crippen MR) is 108 cm³/mol. The van der Waals surface area contributed by atoms with E-state index in [2.05, 4.69) is 26.6 Å². The first-order valence-corrected chi connectivity index (χ1v) is 11.6. The minimum atomic E-state index is -0.999. The van der Waals surface area contributed by atoms with Gasteiger partial charge in [0.15, 0.2) is 0 Å². The van der Waals surface area contributed by atoms with Gasteiger partial charge in [0.2, 0.25) is 17.7 Å². The van der Waals surface area contributed by atoms with Gasteiger partial charge in [-0.25, -0.2) is 0 Å². The first-order chi connectivity index (χ1) is 13.9. The van der Waals surface area contributed by atoms with Crippen LogP contribution in [0, 0.1) is 11.8 Å². The number of likely N-dealkylation sites (tertiary alicyclic amines) is 1. The number of halogens is 1. The van der Waals surface area contributed by atoms with Crippen molar-refractivity contribution in [2.75, 3.05) is 20.2 Å². The number of hydrogen-bond donors (Lipinski definition) is 3. The zero-order valence-electron chi connectivity index (χ0n) is 16.7. The monoisotopic (exact) mass is 471 g/mol. The second-order valence-electron chi connectivity index (χ2n) is 8.73. The van der Waals surface area contributed by atoms with Crippen LogP contribution in [0.1, 0.15) is 44.9 Å². The minimum absolute atomic E-state index is 0.0676. The van der Waals surface area contributed by atoms with E-state index in [1.165, 1.54) is 6.42 Å². The maximum Gasteiger partial charge on any atom is 0.246 e. The van der Waals surface area contributed by atoms with E-state index >= 15 is 0 Å². The van der Waals surface area contributed by atoms with Crippen molar-refractivity contribution in [3.8, 4) is 0 Å². The Bertz CT molecular complexity index is 685. The highest BCUT2D eigenvalue weighted by atomic mass is 79.9. The third kappa shape index (κ3) is 3.29. The molecule has 4 rings (SSSR count). The molecule has 3 amide bonds. The molecule has 1 aliphatic carbocycles. The molecule has 2 bridgehead atoms. The van der Waals surface area contributed by atoms with Gasteiger partial charge >= 0.3 is 0 Å². The molecule has 3 aliphatic heterocycles. The molecule has 8 nitrogen and oxygen atoms in total. The van der Waals surface area contributed by atoms with Gasteiger partial charge in [0.1, 0.15) is 11.6 Å². The highest BCUT2D eigenvalue weighted by molar-refractivity contribution is 9.09. The molecule has 0 aromatic carbocycles. The second-order valence-corrected chi connectivity index (χ2v) is 9.91. The summed E-state index contributed by atoms with van der Waals surface area (Å²) in [6, 6.07) is -0.650. The standard InChI is InChI=1S/C20H30BrN3O5/c1-22-17(26)13-14-19(28)24(8-5-9-25)16(20(14)10-12(21)15(13)29-20)18(27)23-11-6-3-2-4-7-11/h11-16,25H,2-10H2,1H3,(H,22,26)(H,23,27)/t12?,13-,14-,15-,16?,20?/m0/s1. The summed E-state index contributed by atoms with van der Waals surface area (Å²) >= 11 is 3.63. The maximum absolute atomic E-state index is 13.4. The minimum Gasteiger partial charge on any atom is -0.396 e. The molecule has 29 heavy (non-hydrogen) atoms. The molecule has 3 unspecified atom stereocenters. The van der Waals surface area contributed by atoms with Crippen LogP contribution in [0.5, 0.6) is 0 Å². The predicted octanol–water partition coefficient (Wildman–Crippen LogP) is 0.312. The topological polar surface area (TPSA) is 108 Å². The fourth-order valence-corrected chi connectivity index (χ4v) is 6.85. The number of fused-ring (bicyclic) bond motifs is 1. The third-order valence-corrected chi connectivity index (χ3v) is 7.94. The molecule has 0 aromatic heterocycles. The molecule has 6 atom stereocenters. The lowest BCUT2D eigenvalue weighted by atomic mass is 9.70. The van der Waals surface area contributed by atoms with Gasteiger partial charge in [-0.1, -0.05) is 35.2 Å². The van der Waals surface area contributed by atoms with Crippen LogP contribution in [0.4, 0.5) is 0 Å². The van der Waals surface area contributed by atoms with Crippen molar-refractivity contribution in [2.24, 2.45) is 11.8 Å². The maximum atomic E-state index is 13.4. The second kappa shape index (κ2) is 8.15. The molecule has 3 heterocycles. The van der Waals surface area contributed by atoms with Gasteiger partial charge < -0.3 is 25.4 Å². The molecular weight excluding hydrogens is 442 g/mol. The normalized spacial score (nSPS) is 38.9. The van der Waals surface area contributed by atoms with Crippen molar-refractivity contribution in [3.05, 3.63) is 0 Å². The number of aliphatic hydroxyl groups is 1. The molecule has 1 saturated carbocycles. The van der Waals surface area contributed by atoms with E-state index in [0.29, 0.717) is 12.8 Å². The first kappa shape index (κ1) is 21.1. The zero-order chi connectivity index (χ0) is 20.8. The van der Waals surface area contributed by atoms with E-state index in [0.717, 1.165) is 25.7 Å². The fourth-order valence-electron chi connectivity index (χ4n) is 5.90. The molecule has 0 radical (unpaired) electrons. The summed E-state index contributed by atoms with van der Waals surface area (Å²) in [6.07, 6.45) is 5.75. The van der Waals surface area contributed by atoms with Gasteiger partial charge in [0.05, 0.1) is 17.9 Å². The van der Waals surface area contributed by atoms with Gasteiger partial charge in [-0.15, -0.1) is 0 Å². The van der Waals surface area contributed by atoms with E-state index in [9.17, 15) is 19.5 Å². The summed E-state index contributed by atoms with van der Waals surface area (Å²) in [6.45, 7) is 0.208. The number of rotatable bonds is 6. The van der Waals surface area contributed by atoms with Crippen LogP contribution in [-0.4, -0.2) is 76.5 Å². The number of amides is 3. The van der Waals surface area contributed by atoms with Crippen LogP contribution in [0.15, 0.2) is 0 Å². The van der Waals surface area contributed by atoms with Crippen LogP contribution >= 0.6 is 15.9 Å². The highest BCUT2D eigenvalue weighted by Gasteiger charge is 2.76. The molecule has 3 saturated heterocycles. The van der Waals surface area contributed by atoms with E-state index in [-0.39, 0.29) is 41.7 Å². The van der Waals surface area contributed by atoms with Gasteiger partial charge in [-0.05, 0) is 25.7 Å². The largest absolute Gasteiger partial charge is 0.396 e. The van der Waals surface area contributed by atoms with Crippen molar-refractivity contribution in [2.45, 2.75) is 73.6 Å². The molecule has 9 heteroatoms. The van der Waals surface area contributed by atoms with Crippen LogP contribution in [0.25, 0.3) is 0 Å². The number of ether oxygens (including phenoxy) is 1. The quantitative estimate of drug-likeness (QED) is 0.483. The molecule has 162 valence electrons. The Kier molecular flexibility index (Phi) is 5.92. The average Bonchev–Trinajstić information content (AvgIpc) is 3.30. The van der Waals surface area contributed by atoms with Crippen molar-refractivity contribution in [3.63, 3.8) is 0 Å². The summed E-state index contributed by atoms with van der Waals surface area (Å²) in [7, 11) is 1.56. The van der Waals surface area contributed by atoms with Crippen LogP contribution in [0.2, 0.25) is 0 Å². The molecule has 3 N–H and O–H groups in total. The molecule has 0 aromatic rings. The summed E-state index contributed by atoms with van der Waals surface area (Å²) in [5, 5.41) is 15.1.